The molecule has 2 fully saturated rings. The number of aryl methyl sites for hydroxylation is 1. The first-order chi connectivity index (χ1) is 11.3. The fourth-order valence-electron chi connectivity index (χ4n) is 3.88. The van der Waals surface area contributed by atoms with Gasteiger partial charge in [-0.2, -0.15) is 0 Å². The lowest BCUT2D eigenvalue weighted by molar-refractivity contribution is -0.146. The van der Waals surface area contributed by atoms with Gasteiger partial charge in [0.2, 0.25) is 11.8 Å². The van der Waals surface area contributed by atoms with Crippen LogP contribution in [0.25, 0.3) is 0 Å². The van der Waals surface area contributed by atoms with Crippen molar-refractivity contribution < 1.29 is 19.5 Å². The molecule has 0 radical (unpaired) electrons. The second kappa shape index (κ2) is 6.16. The predicted octanol–water partition coefficient (Wildman–Crippen LogP) is 0.918. The van der Waals surface area contributed by atoms with Gasteiger partial charge in [0.25, 0.3) is 0 Å². The molecule has 1 aromatic rings. The van der Waals surface area contributed by atoms with Crippen LogP contribution < -0.4 is 0 Å². The minimum atomic E-state index is -0.926. The third-order valence-electron chi connectivity index (χ3n) is 5.35. The molecule has 130 valence electrons. The van der Waals surface area contributed by atoms with E-state index in [0.29, 0.717) is 25.9 Å². The van der Waals surface area contributed by atoms with E-state index in [0.717, 1.165) is 10.7 Å². The van der Waals surface area contributed by atoms with Gasteiger partial charge >= 0.3 is 5.97 Å². The average molecular weight is 351 g/mol. The third kappa shape index (κ3) is 2.79. The summed E-state index contributed by atoms with van der Waals surface area (Å²) in [5, 5.41) is 12.3. The van der Waals surface area contributed by atoms with Crippen molar-refractivity contribution >= 4 is 29.1 Å². The number of aromatic nitrogens is 1. The maximum Gasteiger partial charge on any atom is 0.309 e. The quantitative estimate of drug-likeness (QED) is 0.874. The van der Waals surface area contributed by atoms with Crippen molar-refractivity contribution in [1.82, 2.24) is 14.8 Å². The van der Waals surface area contributed by atoms with E-state index in [1.165, 1.54) is 11.3 Å². The number of nitrogens with zero attached hydrogens (tertiary/aromatic N) is 3. The summed E-state index contributed by atoms with van der Waals surface area (Å²) in [6.07, 6.45) is 1.34. The Balaban J connectivity index is 1.67. The Morgan fingerprint density at radius 3 is 2.62 bits per heavy atom. The van der Waals surface area contributed by atoms with Crippen LogP contribution in [0.1, 0.15) is 30.0 Å². The van der Waals surface area contributed by atoms with Crippen molar-refractivity contribution in [3.63, 3.8) is 0 Å². The molecule has 0 bridgehead atoms. The van der Waals surface area contributed by atoms with Crippen LogP contribution in [0.4, 0.5) is 0 Å². The molecule has 1 aromatic heterocycles. The lowest BCUT2D eigenvalue weighted by Crippen LogP contribution is -2.57. The van der Waals surface area contributed by atoms with E-state index in [4.69, 9.17) is 0 Å². The van der Waals surface area contributed by atoms with Crippen molar-refractivity contribution in [1.29, 1.82) is 0 Å². The highest BCUT2D eigenvalue weighted by Gasteiger charge is 2.55. The van der Waals surface area contributed by atoms with Gasteiger partial charge in [0, 0.05) is 31.9 Å². The van der Waals surface area contributed by atoms with Gasteiger partial charge in [-0.1, -0.05) is 0 Å². The molecule has 8 heteroatoms. The van der Waals surface area contributed by atoms with E-state index in [-0.39, 0.29) is 24.7 Å². The van der Waals surface area contributed by atoms with Crippen LogP contribution in [0.3, 0.4) is 0 Å². The zero-order chi connectivity index (χ0) is 17.5. The topological polar surface area (TPSA) is 90.8 Å². The molecule has 0 saturated carbocycles. The lowest BCUT2D eigenvalue weighted by atomic mass is 9.77. The lowest BCUT2D eigenvalue weighted by Gasteiger charge is -2.45. The first kappa shape index (κ1) is 16.9. The Morgan fingerprint density at radius 2 is 2.08 bits per heavy atom. The highest BCUT2D eigenvalue weighted by molar-refractivity contribution is 7.09. The molecule has 3 rings (SSSR count). The van der Waals surface area contributed by atoms with E-state index >= 15 is 0 Å². The van der Waals surface area contributed by atoms with Crippen molar-refractivity contribution in [2.45, 2.75) is 38.1 Å². The molecule has 2 amide bonds. The highest BCUT2D eigenvalue weighted by atomic mass is 32.1. The Kier molecular flexibility index (Phi) is 4.33. The van der Waals surface area contributed by atoms with Gasteiger partial charge in [-0.05, 0) is 19.8 Å². The smallest absolute Gasteiger partial charge is 0.309 e. The number of aliphatic carboxylic acids is 1. The maximum atomic E-state index is 12.4. The Bertz CT molecular complexity index is 679. The normalized spacial score (nSPS) is 23.1. The molecule has 1 N–H and O–H groups in total. The van der Waals surface area contributed by atoms with E-state index in [1.807, 2.05) is 12.3 Å². The fourth-order valence-corrected chi connectivity index (χ4v) is 4.50. The fraction of sp³-hybridized carbons (Fsp3) is 0.625. The Labute approximate surface area is 144 Å². The molecule has 2 aliphatic rings. The van der Waals surface area contributed by atoms with Gasteiger partial charge in [-0.3, -0.25) is 14.4 Å². The van der Waals surface area contributed by atoms with Gasteiger partial charge in [0.05, 0.1) is 28.6 Å². The second-order valence-electron chi connectivity index (χ2n) is 6.57. The molecular formula is C16H21N3O4S. The van der Waals surface area contributed by atoms with Gasteiger partial charge in [-0.15, -0.1) is 11.3 Å². The van der Waals surface area contributed by atoms with Crippen LogP contribution in [0.5, 0.6) is 0 Å². The van der Waals surface area contributed by atoms with Gasteiger partial charge in [0.1, 0.15) is 0 Å². The van der Waals surface area contributed by atoms with E-state index in [1.54, 1.807) is 16.8 Å². The summed E-state index contributed by atoms with van der Waals surface area (Å²) < 4.78 is 0. The molecular weight excluding hydrogens is 330 g/mol. The molecule has 1 spiro atoms. The Hall–Kier alpha value is -1.96. The van der Waals surface area contributed by atoms with Crippen LogP contribution in [-0.2, 0) is 20.8 Å². The van der Waals surface area contributed by atoms with Crippen molar-refractivity contribution in [2.75, 3.05) is 20.1 Å². The van der Waals surface area contributed by atoms with Gasteiger partial charge in [-0.25, -0.2) is 4.98 Å². The molecule has 0 aromatic carbocycles. The average Bonchev–Trinajstić information content (AvgIpc) is 3.05. The Morgan fingerprint density at radius 1 is 1.42 bits per heavy atom. The van der Waals surface area contributed by atoms with Crippen LogP contribution in [0.15, 0.2) is 5.38 Å². The number of carboxylic acid groups (broad SMARTS) is 1. The number of hydrogen-bond acceptors (Lipinski definition) is 5. The summed E-state index contributed by atoms with van der Waals surface area (Å²) in [5.41, 5.74) is 0.121. The number of rotatable bonds is 3. The summed E-state index contributed by atoms with van der Waals surface area (Å²) in [4.78, 5) is 43.7. The third-order valence-corrected chi connectivity index (χ3v) is 6.17. The number of hydrogen-bond donors (Lipinski definition) is 1. The summed E-state index contributed by atoms with van der Waals surface area (Å²) in [5.74, 6) is -1.73. The molecule has 2 aliphatic heterocycles. The molecule has 0 unspecified atom stereocenters. The van der Waals surface area contributed by atoms with Crippen LogP contribution in [0.2, 0.25) is 0 Å². The molecule has 24 heavy (non-hydrogen) atoms. The minimum Gasteiger partial charge on any atom is -0.481 e. The first-order valence-electron chi connectivity index (χ1n) is 8.02. The largest absolute Gasteiger partial charge is 0.481 e. The zero-order valence-electron chi connectivity index (χ0n) is 13.8. The van der Waals surface area contributed by atoms with Crippen LogP contribution in [-0.4, -0.2) is 63.4 Å². The standard InChI is InChI=1S/C16H21N3O4S/c1-10-17-11(9-24-10)7-14(21)19-5-3-16(4-6-19)12(15(22)23)8-13(20)18(16)2/h9,12H,3-8H2,1-2H3,(H,22,23)/t12-/m1/s1. The van der Waals surface area contributed by atoms with Crippen molar-refractivity contribution in [3.8, 4) is 0 Å². The minimum absolute atomic E-state index is 0.00833. The zero-order valence-corrected chi connectivity index (χ0v) is 14.6. The van der Waals surface area contributed by atoms with Gasteiger partial charge < -0.3 is 14.9 Å². The number of thiazole rings is 1. The number of piperidine rings is 1. The van der Waals surface area contributed by atoms with Crippen LogP contribution >= 0.6 is 11.3 Å². The number of carbonyl (C=O) groups excluding carboxylic acids is 2. The van der Waals surface area contributed by atoms with E-state index in [9.17, 15) is 19.5 Å². The van der Waals surface area contributed by atoms with Crippen molar-refractivity contribution in [2.24, 2.45) is 5.92 Å². The predicted molar refractivity (Wildman–Crippen MR) is 87.6 cm³/mol. The SMILES string of the molecule is Cc1nc(CC(=O)N2CCC3(CC2)[C@@H](C(=O)O)CC(=O)N3C)cs1. The number of carbonyl (C=O) groups is 3. The molecule has 2 saturated heterocycles. The monoisotopic (exact) mass is 351 g/mol. The number of amides is 2. The van der Waals surface area contributed by atoms with Gasteiger partial charge in [0.15, 0.2) is 0 Å². The molecule has 7 nitrogen and oxygen atoms in total. The van der Waals surface area contributed by atoms with E-state index < -0.39 is 17.4 Å². The van der Waals surface area contributed by atoms with E-state index in [2.05, 4.69) is 4.98 Å². The summed E-state index contributed by atoms with van der Waals surface area (Å²) in [7, 11) is 1.68. The highest BCUT2D eigenvalue weighted by Crippen LogP contribution is 2.42. The van der Waals surface area contributed by atoms with Crippen molar-refractivity contribution in [3.05, 3.63) is 16.1 Å². The number of likely N-dealkylation sites (tertiary alicyclic amines) is 2. The summed E-state index contributed by atoms with van der Waals surface area (Å²) in [6, 6.07) is 0. The number of carboxylic acids is 1. The molecule has 3 heterocycles. The maximum absolute atomic E-state index is 12.4. The summed E-state index contributed by atoms with van der Waals surface area (Å²) >= 11 is 1.52. The molecule has 0 aliphatic carbocycles. The first-order valence-corrected chi connectivity index (χ1v) is 8.90. The summed E-state index contributed by atoms with van der Waals surface area (Å²) in [6.45, 7) is 2.86. The molecule has 1 atom stereocenters. The van der Waals surface area contributed by atoms with Crippen LogP contribution in [0, 0.1) is 12.8 Å². The second-order valence-corrected chi connectivity index (χ2v) is 7.63.